The Balaban J connectivity index is 1.06. The fraction of sp³-hybridized carbons (Fsp3) is 0.590. The van der Waals surface area contributed by atoms with E-state index in [1.54, 1.807) is 14.2 Å². The number of carbonyl (C=O) groups excluding carboxylic acids is 2. The van der Waals surface area contributed by atoms with Crippen LogP contribution in [0.1, 0.15) is 75.3 Å². The molecular weight excluding hydrogens is 602 g/mol. The molecule has 2 aromatic carbocycles. The van der Waals surface area contributed by atoms with E-state index >= 15 is 0 Å². The lowest BCUT2D eigenvalue weighted by Crippen LogP contribution is -2.51. The Morgan fingerprint density at radius 1 is 0.875 bits per heavy atom. The first-order chi connectivity index (χ1) is 23.2. The van der Waals surface area contributed by atoms with Crippen LogP contribution >= 0.6 is 0 Å². The lowest BCUT2D eigenvalue weighted by Gasteiger charge is -2.39. The molecule has 6 rings (SSSR count). The van der Waals surface area contributed by atoms with E-state index in [0.717, 1.165) is 99.5 Å². The minimum absolute atomic E-state index is 0.0135. The number of rotatable bonds is 9. The number of aromatic nitrogens is 1. The molecular formula is C39H55N5O4. The molecule has 0 aliphatic carbocycles. The molecule has 3 aliphatic rings. The Labute approximate surface area is 286 Å². The molecule has 3 aromatic rings. The fourth-order valence-corrected chi connectivity index (χ4v) is 8.32. The number of piperidine rings is 3. The van der Waals surface area contributed by atoms with Gasteiger partial charge in [0.25, 0.3) is 0 Å². The average Bonchev–Trinajstić information content (AvgIpc) is 3.50. The van der Waals surface area contributed by atoms with Crippen LogP contribution in [0.15, 0.2) is 36.4 Å². The van der Waals surface area contributed by atoms with Crippen LogP contribution in [-0.4, -0.2) is 117 Å². The van der Waals surface area contributed by atoms with Gasteiger partial charge in [-0.15, -0.1) is 0 Å². The molecule has 3 aliphatic heterocycles. The van der Waals surface area contributed by atoms with Crippen LogP contribution < -0.4 is 9.47 Å². The molecule has 3 fully saturated rings. The van der Waals surface area contributed by atoms with Crippen LogP contribution in [0.4, 0.5) is 0 Å². The number of methoxy groups -OCH3 is 2. The Morgan fingerprint density at radius 3 is 2.25 bits per heavy atom. The van der Waals surface area contributed by atoms with E-state index in [2.05, 4.69) is 76.8 Å². The molecule has 9 nitrogen and oxygen atoms in total. The maximum absolute atomic E-state index is 13.5. The molecule has 0 saturated carbocycles. The molecule has 1 atom stereocenters. The summed E-state index contributed by atoms with van der Waals surface area (Å²) in [4.78, 5) is 39.2. The Kier molecular flexibility index (Phi) is 10.7. The van der Waals surface area contributed by atoms with Gasteiger partial charge in [0, 0.05) is 55.2 Å². The molecule has 0 spiro atoms. The zero-order valence-electron chi connectivity index (χ0n) is 29.9. The highest BCUT2D eigenvalue weighted by Gasteiger charge is 2.33. The summed E-state index contributed by atoms with van der Waals surface area (Å²) >= 11 is 0. The minimum atomic E-state index is 0.0135. The van der Waals surface area contributed by atoms with Gasteiger partial charge in [-0.2, -0.15) is 0 Å². The molecule has 1 N–H and O–H groups in total. The van der Waals surface area contributed by atoms with E-state index in [4.69, 9.17) is 9.47 Å². The van der Waals surface area contributed by atoms with Gasteiger partial charge in [-0.3, -0.25) is 14.5 Å². The van der Waals surface area contributed by atoms with Crippen LogP contribution in [-0.2, 0) is 9.59 Å². The highest BCUT2D eigenvalue weighted by Crippen LogP contribution is 2.40. The molecule has 0 unspecified atom stereocenters. The van der Waals surface area contributed by atoms with Gasteiger partial charge in [0.15, 0.2) is 11.5 Å². The van der Waals surface area contributed by atoms with Gasteiger partial charge in [-0.1, -0.05) is 19.9 Å². The molecule has 9 heteroatoms. The number of nitrogens with zero attached hydrogens (tertiary/aromatic N) is 4. The monoisotopic (exact) mass is 657 g/mol. The van der Waals surface area contributed by atoms with Gasteiger partial charge in [0.05, 0.1) is 32.4 Å². The molecule has 2 amide bonds. The van der Waals surface area contributed by atoms with E-state index < -0.39 is 0 Å². The van der Waals surface area contributed by atoms with Gasteiger partial charge >= 0.3 is 0 Å². The van der Waals surface area contributed by atoms with Crippen LogP contribution in [0.5, 0.6) is 11.5 Å². The maximum atomic E-state index is 13.5. The van der Waals surface area contributed by atoms with Crippen molar-refractivity contribution < 1.29 is 19.1 Å². The van der Waals surface area contributed by atoms with E-state index in [9.17, 15) is 9.59 Å². The average molecular weight is 658 g/mol. The second-order valence-corrected chi connectivity index (χ2v) is 14.7. The lowest BCUT2D eigenvalue weighted by atomic mass is 9.87. The summed E-state index contributed by atoms with van der Waals surface area (Å²) in [5.41, 5.74) is 5.99. The zero-order valence-corrected chi connectivity index (χ0v) is 29.9. The lowest BCUT2D eigenvalue weighted by molar-refractivity contribution is -0.141. The minimum Gasteiger partial charge on any atom is -0.493 e. The van der Waals surface area contributed by atoms with Gasteiger partial charge in [0.1, 0.15) is 0 Å². The van der Waals surface area contributed by atoms with Crippen molar-refractivity contribution in [1.82, 2.24) is 24.6 Å². The van der Waals surface area contributed by atoms with Crippen molar-refractivity contribution in [3.63, 3.8) is 0 Å². The number of hydrogen-bond donors (Lipinski definition) is 1. The zero-order chi connectivity index (χ0) is 33.9. The summed E-state index contributed by atoms with van der Waals surface area (Å²) in [6.45, 7) is 9.77. The predicted molar refractivity (Wildman–Crippen MR) is 192 cm³/mol. The predicted octanol–water partition coefficient (Wildman–Crippen LogP) is 5.95. The number of benzene rings is 2. The second-order valence-electron chi connectivity index (χ2n) is 14.7. The number of ether oxygens (including phenoxy) is 2. The number of nitrogens with one attached hydrogen (secondary N) is 1. The molecule has 1 aromatic heterocycles. The summed E-state index contributed by atoms with van der Waals surface area (Å²) in [7, 11) is 7.59. The van der Waals surface area contributed by atoms with Crippen molar-refractivity contribution in [1.29, 1.82) is 0 Å². The standard InChI is InChI=1S/C39H55N5O4/c1-26(2)37-32-22-28(9-11-33(32)40-38(37)29-10-12-34(47-5)35(23-29)48-6)27-13-18-43(19-14-27)36(45)25-42-17-7-8-30(24-42)39(46)44-20-15-31(16-21-44)41(3)4/h9-12,22-23,26-27,30-31,40H,7-8,13-21,24-25H2,1-6H3/t30-/m0/s1. The highest BCUT2D eigenvalue weighted by molar-refractivity contribution is 5.92. The molecule has 3 saturated heterocycles. The smallest absolute Gasteiger partial charge is 0.236 e. The van der Waals surface area contributed by atoms with Crippen LogP contribution in [0.2, 0.25) is 0 Å². The second kappa shape index (κ2) is 14.9. The fourth-order valence-electron chi connectivity index (χ4n) is 8.32. The quantitative estimate of drug-likeness (QED) is 0.307. The normalized spacial score (nSPS) is 20.2. The number of likely N-dealkylation sites (tertiary alicyclic amines) is 3. The number of aromatic amines is 1. The number of carbonyl (C=O) groups is 2. The van der Waals surface area contributed by atoms with Crippen molar-refractivity contribution in [2.24, 2.45) is 5.92 Å². The van der Waals surface area contributed by atoms with E-state index in [1.807, 2.05) is 12.1 Å². The first-order valence-electron chi connectivity index (χ1n) is 18.0. The Hall–Kier alpha value is -3.56. The van der Waals surface area contributed by atoms with Crippen molar-refractivity contribution >= 4 is 22.7 Å². The molecule has 4 heterocycles. The molecule has 0 radical (unpaired) electrons. The van der Waals surface area contributed by atoms with E-state index in [0.29, 0.717) is 36.9 Å². The van der Waals surface area contributed by atoms with Crippen molar-refractivity contribution in [2.75, 3.05) is 74.1 Å². The summed E-state index contributed by atoms with van der Waals surface area (Å²) in [6, 6.07) is 13.5. The van der Waals surface area contributed by atoms with Crippen LogP contribution in [0.25, 0.3) is 22.2 Å². The summed E-state index contributed by atoms with van der Waals surface area (Å²) in [5, 5.41) is 1.27. The summed E-state index contributed by atoms with van der Waals surface area (Å²) in [6.07, 6.45) is 5.93. The van der Waals surface area contributed by atoms with Crippen LogP contribution in [0, 0.1) is 5.92 Å². The molecule has 260 valence electrons. The number of fused-ring (bicyclic) bond motifs is 1. The third kappa shape index (κ3) is 7.22. The van der Waals surface area contributed by atoms with Crippen molar-refractivity contribution in [2.45, 2.75) is 70.3 Å². The van der Waals surface area contributed by atoms with Gasteiger partial charge in [0.2, 0.25) is 11.8 Å². The molecule has 0 bridgehead atoms. The van der Waals surface area contributed by atoms with E-state index in [1.165, 1.54) is 16.5 Å². The topological polar surface area (TPSA) is 81.3 Å². The maximum Gasteiger partial charge on any atom is 0.236 e. The SMILES string of the molecule is COc1ccc(-c2[nH]c3ccc(C4CCN(C(=O)CN5CCC[C@H](C(=O)N6CCC(N(C)C)CC6)C5)CC4)cc3c2C(C)C)cc1OC. The number of hydrogen-bond acceptors (Lipinski definition) is 6. The first-order valence-corrected chi connectivity index (χ1v) is 18.0. The third-order valence-corrected chi connectivity index (χ3v) is 11.2. The van der Waals surface area contributed by atoms with Gasteiger partial charge < -0.3 is 29.2 Å². The third-order valence-electron chi connectivity index (χ3n) is 11.2. The number of H-pyrrole nitrogens is 1. The Morgan fingerprint density at radius 2 is 1.58 bits per heavy atom. The van der Waals surface area contributed by atoms with E-state index in [-0.39, 0.29) is 11.8 Å². The van der Waals surface area contributed by atoms with Crippen molar-refractivity contribution in [3.05, 3.63) is 47.5 Å². The van der Waals surface area contributed by atoms with Crippen LogP contribution in [0.3, 0.4) is 0 Å². The van der Waals surface area contributed by atoms with Gasteiger partial charge in [-0.05, 0) is 112 Å². The Bertz CT molecular complexity index is 1580. The summed E-state index contributed by atoms with van der Waals surface area (Å²) < 4.78 is 11.1. The first kappa shape index (κ1) is 34.3. The highest BCUT2D eigenvalue weighted by atomic mass is 16.5. The molecule has 48 heavy (non-hydrogen) atoms. The van der Waals surface area contributed by atoms with Gasteiger partial charge in [-0.25, -0.2) is 0 Å². The van der Waals surface area contributed by atoms with Crippen molar-refractivity contribution in [3.8, 4) is 22.8 Å². The summed E-state index contributed by atoms with van der Waals surface area (Å²) in [5.74, 6) is 2.70. The largest absolute Gasteiger partial charge is 0.493 e. The number of amides is 2.